The van der Waals surface area contributed by atoms with Gasteiger partial charge in [-0.2, -0.15) is 0 Å². The third kappa shape index (κ3) is 5.26. The summed E-state index contributed by atoms with van der Waals surface area (Å²) in [5.41, 5.74) is 8.22. The van der Waals surface area contributed by atoms with Gasteiger partial charge >= 0.3 is 0 Å². The highest BCUT2D eigenvalue weighted by molar-refractivity contribution is 7.18. The Balaban J connectivity index is 1.41. The summed E-state index contributed by atoms with van der Waals surface area (Å²) in [6.07, 6.45) is 2.28. The number of thiazole rings is 1. The third-order valence-corrected chi connectivity index (χ3v) is 6.73. The molecule has 2 aromatic carbocycles. The maximum Gasteiger partial charge on any atom is 0.206 e. The number of nitrogens with zero attached hydrogens (tertiary/aromatic N) is 2. The minimum Gasteiger partial charge on any atom is -0.494 e. The molecule has 0 saturated carbocycles. The Morgan fingerprint density at radius 3 is 2.61 bits per heavy atom. The zero-order valence-corrected chi connectivity index (χ0v) is 19.5. The average molecular weight is 470 g/mol. The van der Waals surface area contributed by atoms with Crippen molar-refractivity contribution in [3.8, 4) is 5.75 Å². The number of ketones is 1. The second kappa shape index (κ2) is 10.2. The first kappa shape index (κ1) is 23.0. The van der Waals surface area contributed by atoms with Crippen molar-refractivity contribution in [2.24, 2.45) is 0 Å². The van der Waals surface area contributed by atoms with Gasteiger partial charge in [-0.05, 0) is 61.9 Å². The molecule has 0 spiro atoms. The van der Waals surface area contributed by atoms with Gasteiger partial charge in [-0.25, -0.2) is 9.37 Å². The number of hydrogen-bond acceptors (Lipinski definition) is 8. The Morgan fingerprint density at radius 1 is 1.24 bits per heavy atom. The lowest BCUT2D eigenvalue weighted by molar-refractivity contribution is 0.104. The minimum atomic E-state index is -0.601. The van der Waals surface area contributed by atoms with Gasteiger partial charge in [0.2, 0.25) is 5.78 Å². The quantitative estimate of drug-likeness (QED) is 0.421. The van der Waals surface area contributed by atoms with E-state index in [-0.39, 0.29) is 27.8 Å². The third-order valence-electron chi connectivity index (χ3n) is 5.75. The van der Waals surface area contributed by atoms with E-state index in [0.29, 0.717) is 11.2 Å². The number of carbonyl (C=O) groups excluding carboxylic acids is 1. The molecule has 0 bridgehead atoms. The topological polar surface area (TPSA) is 92.5 Å². The van der Waals surface area contributed by atoms with Crippen molar-refractivity contribution in [3.05, 3.63) is 58.7 Å². The van der Waals surface area contributed by atoms with E-state index in [1.807, 2.05) is 12.1 Å². The van der Waals surface area contributed by atoms with E-state index >= 15 is 0 Å². The smallest absolute Gasteiger partial charge is 0.206 e. The number of carbonyl (C=O) groups is 1. The number of piperidine rings is 1. The Kier molecular flexibility index (Phi) is 7.10. The molecular weight excluding hydrogens is 441 g/mol. The minimum absolute atomic E-state index is 0.0802. The number of hydrogen-bond donors (Lipinski definition) is 3. The Morgan fingerprint density at radius 2 is 1.97 bits per heavy atom. The number of methoxy groups -OCH3 is 1. The van der Waals surface area contributed by atoms with Crippen LogP contribution in [-0.2, 0) is 0 Å². The molecule has 2 heterocycles. The van der Waals surface area contributed by atoms with E-state index in [0.717, 1.165) is 55.6 Å². The van der Waals surface area contributed by atoms with Gasteiger partial charge in [0.1, 0.15) is 10.7 Å². The molecule has 174 valence electrons. The predicted molar refractivity (Wildman–Crippen MR) is 132 cm³/mol. The first-order chi connectivity index (χ1) is 16.0. The lowest BCUT2D eigenvalue weighted by Gasteiger charge is -2.34. The summed E-state index contributed by atoms with van der Waals surface area (Å²) in [6.45, 7) is 5.22. The lowest BCUT2D eigenvalue weighted by Crippen LogP contribution is -2.42. The number of benzene rings is 2. The van der Waals surface area contributed by atoms with E-state index < -0.39 is 5.82 Å². The monoisotopic (exact) mass is 469 g/mol. The Bertz CT molecular complexity index is 1110. The van der Waals surface area contributed by atoms with Crippen LogP contribution >= 0.6 is 11.3 Å². The van der Waals surface area contributed by atoms with E-state index in [9.17, 15) is 9.18 Å². The number of anilines is 4. The van der Waals surface area contributed by atoms with Crippen LogP contribution in [0.25, 0.3) is 0 Å². The highest BCUT2D eigenvalue weighted by Gasteiger charge is 2.20. The van der Waals surface area contributed by atoms with E-state index in [1.54, 1.807) is 0 Å². The summed E-state index contributed by atoms with van der Waals surface area (Å²) in [5.74, 6) is -0.785. The molecule has 1 aliphatic rings. The number of rotatable bonds is 8. The largest absolute Gasteiger partial charge is 0.494 e. The second-order valence-corrected chi connectivity index (χ2v) is 8.90. The van der Waals surface area contributed by atoms with Crippen molar-refractivity contribution in [1.29, 1.82) is 0 Å². The number of ether oxygens (including phenoxy) is 1. The Labute approximate surface area is 196 Å². The Hall–Kier alpha value is -3.17. The number of nitrogen functional groups attached to an aromatic ring is 1. The molecule has 1 fully saturated rings. The number of nitrogens with two attached hydrogens (primary N) is 1. The molecule has 1 aromatic heterocycles. The highest BCUT2D eigenvalue weighted by Crippen LogP contribution is 2.31. The number of halogens is 1. The number of nitrogens with one attached hydrogen (secondary N) is 2. The van der Waals surface area contributed by atoms with Crippen LogP contribution < -0.4 is 26.0 Å². The predicted octanol–water partition coefficient (Wildman–Crippen LogP) is 4.43. The van der Waals surface area contributed by atoms with Gasteiger partial charge in [-0.3, -0.25) is 4.79 Å². The lowest BCUT2D eigenvalue weighted by atomic mass is 10.0. The van der Waals surface area contributed by atoms with Crippen molar-refractivity contribution in [1.82, 2.24) is 10.3 Å². The highest BCUT2D eigenvalue weighted by atomic mass is 32.1. The molecule has 0 atom stereocenters. The molecule has 33 heavy (non-hydrogen) atoms. The SMILES string of the molecule is CCNC1CCN(c2ccc(Nc3nc(N)c(C(=O)c4ccc(OC)c(F)c4)s3)cc2)CC1. The molecule has 1 aliphatic heterocycles. The van der Waals surface area contributed by atoms with Crippen molar-refractivity contribution < 1.29 is 13.9 Å². The standard InChI is InChI=1S/C24H28FN5O2S/c1-3-27-16-10-12-30(13-11-16)18-7-5-17(6-8-18)28-24-29-23(26)22(33-24)21(31)15-4-9-20(32-2)19(25)14-15/h4-9,14,16,27H,3,10-13,26H2,1-2H3,(H,28,29). The summed E-state index contributed by atoms with van der Waals surface area (Å²) in [7, 11) is 1.37. The first-order valence-electron chi connectivity index (χ1n) is 11.0. The molecular formula is C24H28FN5O2S. The van der Waals surface area contributed by atoms with E-state index in [1.165, 1.54) is 24.9 Å². The van der Waals surface area contributed by atoms with Crippen LogP contribution in [0.1, 0.15) is 35.0 Å². The molecule has 9 heteroatoms. The first-order valence-corrected chi connectivity index (χ1v) is 11.8. The van der Waals surface area contributed by atoms with Gasteiger partial charge in [-0.1, -0.05) is 18.3 Å². The van der Waals surface area contributed by atoms with Crippen molar-refractivity contribution in [2.75, 3.05) is 42.7 Å². The fourth-order valence-corrected chi connectivity index (χ4v) is 4.86. The molecule has 7 nitrogen and oxygen atoms in total. The van der Waals surface area contributed by atoms with Crippen LogP contribution in [0.5, 0.6) is 5.75 Å². The van der Waals surface area contributed by atoms with Crippen molar-refractivity contribution in [2.45, 2.75) is 25.8 Å². The fourth-order valence-electron chi connectivity index (χ4n) is 4.00. The molecule has 0 amide bonds. The molecule has 0 aliphatic carbocycles. The molecule has 4 N–H and O–H groups in total. The number of aromatic nitrogens is 1. The van der Waals surface area contributed by atoms with Crippen molar-refractivity contribution >= 4 is 39.4 Å². The summed E-state index contributed by atoms with van der Waals surface area (Å²) in [4.78, 5) is 19.7. The van der Waals surface area contributed by atoms with Gasteiger partial charge in [0.05, 0.1) is 7.11 Å². The van der Waals surface area contributed by atoms with Gasteiger partial charge in [-0.15, -0.1) is 0 Å². The molecule has 4 rings (SSSR count). The summed E-state index contributed by atoms with van der Waals surface area (Å²) < 4.78 is 18.9. The fraction of sp³-hybridized carbons (Fsp3) is 0.333. The normalized spacial score (nSPS) is 14.3. The molecule has 0 unspecified atom stereocenters. The summed E-state index contributed by atoms with van der Waals surface area (Å²) >= 11 is 1.14. The van der Waals surface area contributed by atoms with Crippen LogP contribution in [0.4, 0.5) is 26.7 Å². The zero-order chi connectivity index (χ0) is 23.4. The van der Waals surface area contributed by atoms with Gasteiger partial charge < -0.3 is 26.0 Å². The van der Waals surface area contributed by atoms with Crippen molar-refractivity contribution in [3.63, 3.8) is 0 Å². The van der Waals surface area contributed by atoms with Crippen LogP contribution in [-0.4, -0.2) is 43.6 Å². The van der Waals surface area contributed by atoms with Crippen LogP contribution in [0.15, 0.2) is 42.5 Å². The molecule has 1 saturated heterocycles. The maximum absolute atomic E-state index is 14.0. The molecule has 3 aromatic rings. The van der Waals surface area contributed by atoms with Crippen LogP contribution in [0.3, 0.4) is 0 Å². The van der Waals surface area contributed by atoms with Crippen LogP contribution in [0.2, 0.25) is 0 Å². The van der Waals surface area contributed by atoms with Gasteiger partial charge in [0.15, 0.2) is 16.7 Å². The zero-order valence-electron chi connectivity index (χ0n) is 18.7. The molecule has 0 radical (unpaired) electrons. The average Bonchev–Trinajstić information content (AvgIpc) is 3.19. The van der Waals surface area contributed by atoms with Crippen LogP contribution in [0, 0.1) is 5.82 Å². The summed E-state index contributed by atoms with van der Waals surface area (Å²) in [5, 5.41) is 7.24. The van der Waals surface area contributed by atoms with E-state index in [4.69, 9.17) is 10.5 Å². The van der Waals surface area contributed by atoms with E-state index in [2.05, 4.69) is 39.6 Å². The summed E-state index contributed by atoms with van der Waals surface area (Å²) in [6, 6.07) is 12.8. The van der Waals surface area contributed by atoms with Gasteiger partial charge in [0, 0.05) is 36.1 Å². The second-order valence-electron chi connectivity index (χ2n) is 7.90. The van der Waals surface area contributed by atoms with Gasteiger partial charge in [0.25, 0.3) is 0 Å². The maximum atomic E-state index is 14.0.